The van der Waals surface area contributed by atoms with Gasteiger partial charge in [0.25, 0.3) is 5.91 Å². The number of carbonyl (C=O) groups excluding carboxylic acids is 3. The number of amides is 3. The number of pyridine rings is 1. The number of aromatic nitrogens is 1. The van der Waals surface area contributed by atoms with Gasteiger partial charge in [0.15, 0.2) is 0 Å². The Balaban J connectivity index is 0.00000289. The van der Waals surface area contributed by atoms with Crippen LogP contribution in [0.25, 0.3) is 6.08 Å². The van der Waals surface area contributed by atoms with E-state index in [2.05, 4.69) is 4.98 Å². The number of cyclic esters (lactones) is 1. The lowest BCUT2D eigenvalue weighted by Crippen LogP contribution is -2.72. The number of rotatable bonds is 5. The van der Waals surface area contributed by atoms with Gasteiger partial charge in [0.05, 0.1) is 12.1 Å². The maximum Gasteiger partial charge on any atom is 0.422 e. The van der Waals surface area contributed by atoms with Crippen molar-refractivity contribution in [1.29, 1.82) is 0 Å². The maximum atomic E-state index is 13.3. The molecule has 2 unspecified atom stereocenters. The van der Waals surface area contributed by atoms with Gasteiger partial charge in [-0.15, -0.1) is 12.4 Å². The van der Waals surface area contributed by atoms with Crippen LogP contribution in [0.2, 0.25) is 0 Å². The van der Waals surface area contributed by atoms with Crippen LogP contribution in [-0.2, 0) is 9.53 Å². The van der Waals surface area contributed by atoms with E-state index in [1.807, 2.05) is 36.4 Å². The van der Waals surface area contributed by atoms with E-state index in [1.165, 1.54) is 4.90 Å². The van der Waals surface area contributed by atoms with Gasteiger partial charge in [0, 0.05) is 12.4 Å². The van der Waals surface area contributed by atoms with Gasteiger partial charge in [-0.2, -0.15) is 0 Å². The molecular weight excluding hydrogens is 470 g/mol. The van der Waals surface area contributed by atoms with E-state index >= 15 is 0 Å². The summed E-state index contributed by atoms with van der Waals surface area (Å²) in [5, 5.41) is 0. The van der Waals surface area contributed by atoms with Crippen molar-refractivity contribution in [1.82, 2.24) is 14.8 Å². The molecule has 0 saturated carbocycles. The van der Waals surface area contributed by atoms with Gasteiger partial charge in [-0.1, -0.05) is 66.7 Å². The Labute approximate surface area is 208 Å². The molecule has 5 rings (SSSR count). The van der Waals surface area contributed by atoms with Gasteiger partial charge in [0.2, 0.25) is 0 Å². The first-order valence-corrected chi connectivity index (χ1v) is 10.8. The van der Waals surface area contributed by atoms with E-state index in [0.717, 1.165) is 16.0 Å². The van der Waals surface area contributed by atoms with Gasteiger partial charge >= 0.3 is 12.2 Å². The molecule has 3 aromatic rings. The number of hydrogen-bond acceptors (Lipinski definition) is 6. The number of para-hydroxylation sites is 1. The van der Waals surface area contributed by atoms with Crippen LogP contribution in [0.3, 0.4) is 0 Å². The smallest absolute Gasteiger partial charge is 0.422 e. The van der Waals surface area contributed by atoms with Crippen molar-refractivity contribution in [2.45, 2.75) is 18.1 Å². The van der Waals surface area contributed by atoms with Crippen LogP contribution in [-0.4, -0.2) is 51.6 Å². The Morgan fingerprint density at radius 3 is 2.40 bits per heavy atom. The van der Waals surface area contributed by atoms with Crippen LogP contribution in [0.15, 0.2) is 91.3 Å². The van der Waals surface area contributed by atoms with Crippen molar-refractivity contribution in [2.24, 2.45) is 0 Å². The summed E-state index contributed by atoms with van der Waals surface area (Å²) in [5.41, 5.74) is 1.64. The van der Waals surface area contributed by atoms with Crippen molar-refractivity contribution in [3.63, 3.8) is 0 Å². The predicted octanol–water partition coefficient (Wildman–Crippen LogP) is 4.49. The molecule has 35 heavy (non-hydrogen) atoms. The monoisotopic (exact) mass is 491 g/mol. The highest BCUT2D eigenvalue weighted by molar-refractivity contribution is 6.04. The molecule has 0 aliphatic carbocycles. The number of halogens is 1. The summed E-state index contributed by atoms with van der Waals surface area (Å²) in [6.07, 6.45) is 5.39. The average Bonchev–Trinajstić information content (AvgIpc) is 3.24. The second kappa shape index (κ2) is 10.4. The Hall–Kier alpha value is -4.17. The zero-order chi connectivity index (χ0) is 23.5. The van der Waals surface area contributed by atoms with Crippen LogP contribution >= 0.6 is 12.4 Å². The SMILES string of the molecule is Cl.O=C(Oc1ccccc1)N1C(=O)C(N2C(=O)OC[C@@H]2c2ccccc2)C1C=Cc1cccnc1. The molecule has 2 aromatic carbocycles. The van der Waals surface area contributed by atoms with Gasteiger partial charge in [-0.25, -0.2) is 14.5 Å². The summed E-state index contributed by atoms with van der Waals surface area (Å²) in [7, 11) is 0. The highest BCUT2D eigenvalue weighted by Crippen LogP contribution is 2.37. The molecule has 2 aliphatic heterocycles. The molecule has 178 valence electrons. The summed E-state index contributed by atoms with van der Waals surface area (Å²) in [6.45, 7) is 0.125. The third-order valence-corrected chi connectivity index (χ3v) is 5.82. The molecule has 0 radical (unpaired) electrons. The number of ether oxygens (including phenoxy) is 2. The molecule has 0 bridgehead atoms. The van der Waals surface area contributed by atoms with Crippen molar-refractivity contribution in [3.05, 3.63) is 102 Å². The number of nitrogens with zero attached hydrogens (tertiary/aromatic N) is 3. The lowest BCUT2D eigenvalue weighted by atomic mass is 9.91. The second-order valence-corrected chi connectivity index (χ2v) is 7.88. The van der Waals surface area contributed by atoms with Gasteiger partial charge in [-0.05, 0) is 29.3 Å². The lowest BCUT2D eigenvalue weighted by Gasteiger charge is -2.47. The number of benzene rings is 2. The molecule has 0 N–H and O–H groups in total. The van der Waals surface area contributed by atoms with E-state index in [0.29, 0.717) is 5.75 Å². The number of likely N-dealkylation sites (tertiary alicyclic amines) is 1. The molecule has 2 fully saturated rings. The van der Waals surface area contributed by atoms with Crippen LogP contribution in [0.4, 0.5) is 9.59 Å². The summed E-state index contributed by atoms with van der Waals surface area (Å²) in [5.74, 6) is -0.206. The summed E-state index contributed by atoms with van der Waals surface area (Å²) < 4.78 is 10.7. The van der Waals surface area contributed by atoms with Crippen molar-refractivity contribution in [3.8, 4) is 5.75 Å². The van der Waals surface area contributed by atoms with Crippen LogP contribution in [0.5, 0.6) is 5.75 Å². The predicted molar refractivity (Wildman–Crippen MR) is 130 cm³/mol. The Morgan fingerprint density at radius 2 is 1.71 bits per heavy atom. The largest absolute Gasteiger partial charge is 0.447 e. The molecule has 3 heterocycles. The van der Waals surface area contributed by atoms with Crippen LogP contribution in [0.1, 0.15) is 17.2 Å². The van der Waals surface area contributed by atoms with Crippen molar-refractivity contribution >= 4 is 36.6 Å². The van der Waals surface area contributed by atoms with E-state index in [1.54, 1.807) is 60.9 Å². The second-order valence-electron chi connectivity index (χ2n) is 7.88. The lowest BCUT2D eigenvalue weighted by molar-refractivity contribution is -0.150. The van der Waals surface area contributed by atoms with E-state index in [4.69, 9.17) is 9.47 Å². The number of carbonyl (C=O) groups is 3. The molecule has 9 heteroatoms. The first-order valence-electron chi connectivity index (χ1n) is 10.8. The Kier molecular flexibility index (Phi) is 7.12. The highest BCUT2D eigenvalue weighted by atomic mass is 35.5. The van der Waals surface area contributed by atoms with Gasteiger partial charge in [0.1, 0.15) is 18.4 Å². The van der Waals surface area contributed by atoms with E-state index in [-0.39, 0.29) is 19.0 Å². The quantitative estimate of drug-likeness (QED) is 0.489. The minimum Gasteiger partial charge on any atom is -0.447 e. The minimum absolute atomic E-state index is 0. The molecule has 3 amide bonds. The van der Waals surface area contributed by atoms with Gasteiger partial charge in [-0.3, -0.25) is 14.7 Å². The van der Waals surface area contributed by atoms with Crippen molar-refractivity contribution < 1.29 is 23.9 Å². The minimum atomic E-state index is -0.906. The highest BCUT2D eigenvalue weighted by Gasteiger charge is 2.58. The molecule has 8 nitrogen and oxygen atoms in total. The Bertz CT molecular complexity index is 1220. The fraction of sp³-hybridized carbons (Fsp3) is 0.154. The molecule has 2 aliphatic rings. The van der Waals surface area contributed by atoms with Crippen LogP contribution in [0, 0.1) is 0 Å². The third kappa shape index (κ3) is 4.74. The fourth-order valence-corrected chi connectivity index (χ4v) is 4.18. The first kappa shape index (κ1) is 24.0. The standard InChI is InChI=1S/C26H21N3O5.ClH/c30-24-23(28-22(17-33-25(28)31)19-9-3-1-4-10-19)21(14-13-18-8-7-15-27-16-18)29(24)26(32)34-20-11-5-2-6-12-20;/h1-16,21-23H,17H2;1H/t21?,22-,23?;/m1./s1. The Morgan fingerprint density at radius 1 is 1.00 bits per heavy atom. The van der Waals surface area contributed by atoms with E-state index in [9.17, 15) is 14.4 Å². The summed E-state index contributed by atoms with van der Waals surface area (Å²) in [4.78, 5) is 45.4. The molecular formula is C26H22ClN3O5. The number of hydrogen-bond donors (Lipinski definition) is 0. The molecule has 2 saturated heterocycles. The fourth-order valence-electron chi connectivity index (χ4n) is 4.18. The van der Waals surface area contributed by atoms with Crippen molar-refractivity contribution in [2.75, 3.05) is 6.61 Å². The maximum absolute atomic E-state index is 13.3. The number of imide groups is 1. The van der Waals surface area contributed by atoms with E-state index < -0.39 is 36.2 Å². The zero-order valence-electron chi connectivity index (χ0n) is 18.5. The normalized spacial score (nSPS) is 21.3. The average molecular weight is 492 g/mol. The summed E-state index contributed by atoms with van der Waals surface area (Å²) in [6, 6.07) is 19.4. The topological polar surface area (TPSA) is 89.0 Å². The first-order chi connectivity index (χ1) is 16.6. The summed E-state index contributed by atoms with van der Waals surface area (Å²) >= 11 is 0. The number of β-lactam (4-membered cyclic amide) rings is 1. The molecule has 3 atom stereocenters. The zero-order valence-corrected chi connectivity index (χ0v) is 19.3. The van der Waals surface area contributed by atoms with Gasteiger partial charge < -0.3 is 9.47 Å². The third-order valence-electron chi connectivity index (χ3n) is 5.82. The van der Waals surface area contributed by atoms with Crippen LogP contribution < -0.4 is 4.74 Å². The molecule has 0 spiro atoms. The molecule has 1 aromatic heterocycles.